The van der Waals surface area contributed by atoms with E-state index in [1.807, 2.05) is 13.8 Å². The van der Waals surface area contributed by atoms with E-state index in [1.165, 1.54) is 0 Å². The van der Waals surface area contributed by atoms with E-state index in [-0.39, 0.29) is 31.8 Å². The maximum Gasteiger partial charge on any atom is 0.306 e. The lowest BCUT2D eigenvalue weighted by molar-refractivity contribution is -0.149. The molecule has 0 aromatic heterocycles. The van der Waals surface area contributed by atoms with Gasteiger partial charge in [-0.05, 0) is 19.3 Å². The highest BCUT2D eigenvalue weighted by Crippen LogP contribution is 2.29. The predicted molar refractivity (Wildman–Crippen MR) is 80.4 cm³/mol. The first-order valence-electron chi connectivity index (χ1n) is 7.92. The number of hydrogen-bond donors (Lipinski definition) is 0. The largest absolute Gasteiger partial charge is 0.465 e. The van der Waals surface area contributed by atoms with Gasteiger partial charge in [0.1, 0.15) is 6.10 Å². The van der Waals surface area contributed by atoms with E-state index < -0.39 is 52.7 Å². The summed E-state index contributed by atoms with van der Waals surface area (Å²) in [5.74, 6) is -11.9. The number of benzene rings is 1. The number of halogens is 5. The third kappa shape index (κ3) is 5.67. The van der Waals surface area contributed by atoms with E-state index in [9.17, 15) is 31.5 Å². The first kappa shape index (κ1) is 21.9. The Labute approximate surface area is 147 Å². The average Bonchev–Trinajstić information content (AvgIpc) is 2.56. The molecule has 0 aliphatic heterocycles. The fraction of sp³-hybridized carbons (Fsp3) is 0.529. The molecule has 1 atom stereocenters. The molecule has 0 N–H and O–H groups in total. The number of ether oxygens (including phenoxy) is 2. The molecule has 1 rings (SSSR count). The molecule has 0 aliphatic carbocycles. The van der Waals surface area contributed by atoms with Crippen LogP contribution >= 0.6 is 0 Å². The summed E-state index contributed by atoms with van der Waals surface area (Å²) in [5, 5.41) is 0. The van der Waals surface area contributed by atoms with Crippen LogP contribution in [-0.2, 0) is 19.1 Å². The highest BCUT2D eigenvalue weighted by molar-refractivity contribution is 5.72. The van der Waals surface area contributed by atoms with Gasteiger partial charge in [-0.1, -0.05) is 13.8 Å². The van der Waals surface area contributed by atoms with Crippen molar-refractivity contribution in [2.24, 2.45) is 5.92 Å². The van der Waals surface area contributed by atoms with Crippen molar-refractivity contribution in [1.29, 1.82) is 0 Å². The van der Waals surface area contributed by atoms with E-state index in [2.05, 4.69) is 0 Å². The summed E-state index contributed by atoms with van der Waals surface area (Å²) in [6, 6.07) is 0. The summed E-state index contributed by atoms with van der Waals surface area (Å²) < 4.78 is 76.2. The van der Waals surface area contributed by atoms with Gasteiger partial charge in [0.2, 0.25) is 5.82 Å². The highest BCUT2D eigenvalue weighted by Gasteiger charge is 2.30. The molecule has 4 nitrogen and oxygen atoms in total. The fourth-order valence-electron chi connectivity index (χ4n) is 2.00. The third-order valence-electron chi connectivity index (χ3n) is 3.30. The molecule has 146 valence electrons. The molecule has 0 heterocycles. The van der Waals surface area contributed by atoms with Gasteiger partial charge in [-0.25, -0.2) is 22.0 Å². The Balaban J connectivity index is 2.62. The summed E-state index contributed by atoms with van der Waals surface area (Å²) in [4.78, 5) is 23.0. The lowest BCUT2D eigenvalue weighted by Crippen LogP contribution is -2.15. The topological polar surface area (TPSA) is 52.6 Å². The number of carbonyl (C=O) groups is 2. The van der Waals surface area contributed by atoms with Crippen LogP contribution in [0, 0.1) is 35.0 Å². The molecule has 1 unspecified atom stereocenters. The highest BCUT2D eigenvalue weighted by atomic mass is 19.2. The Morgan fingerprint density at radius 3 is 1.77 bits per heavy atom. The van der Waals surface area contributed by atoms with Crippen molar-refractivity contribution < 1.29 is 41.0 Å². The fourth-order valence-corrected chi connectivity index (χ4v) is 2.00. The van der Waals surface area contributed by atoms with Crippen LogP contribution in [0.5, 0.6) is 0 Å². The summed E-state index contributed by atoms with van der Waals surface area (Å²) in [5.41, 5.74) is -1.23. The van der Waals surface area contributed by atoms with E-state index in [0.717, 1.165) is 6.92 Å². The molecule has 0 saturated heterocycles. The SMILES string of the molecule is CC(C)COC(=O)CCCC(=O)OC(C)c1c(F)c(F)c(F)c(F)c1F. The first-order chi connectivity index (χ1) is 12.1. The van der Waals surface area contributed by atoms with Gasteiger partial charge in [0, 0.05) is 12.8 Å². The number of esters is 2. The van der Waals surface area contributed by atoms with Gasteiger partial charge in [-0.2, -0.15) is 0 Å². The van der Waals surface area contributed by atoms with Gasteiger partial charge in [-0.3, -0.25) is 9.59 Å². The van der Waals surface area contributed by atoms with Crippen molar-refractivity contribution in [2.45, 2.75) is 46.1 Å². The van der Waals surface area contributed by atoms with Crippen LogP contribution in [0.2, 0.25) is 0 Å². The minimum absolute atomic E-state index is 0.0551. The summed E-state index contributed by atoms with van der Waals surface area (Å²) in [6.07, 6.45) is -1.99. The molecule has 0 bridgehead atoms. The lowest BCUT2D eigenvalue weighted by Gasteiger charge is -2.16. The quantitative estimate of drug-likeness (QED) is 0.290. The Kier molecular flexibility index (Phi) is 7.98. The van der Waals surface area contributed by atoms with E-state index in [1.54, 1.807) is 0 Å². The van der Waals surface area contributed by atoms with Gasteiger partial charge in [0.25, 0.3) is 0 Å². The van der Waals surface area contributed by atoms with Crippen LogP contribution in [0.25, 0.3) is 0 Å². The molecule has 9 heteroatoms. The summed E-state index contributed by atoms with van der Waals surface area (Å²) >= 11 is 0. The first-order valence-corrected chi connectivity index (χ1v) is 7.92. The van der Waals surface area contributed by atoms with Crippen molar-refractivity contribution in [3.63, 3.8) is 0 Å². The molecule has 0 aliphatic rings. The molecule has 0 fully saturated rings. The van der Waals surface area contributed by atoms with Crippen molar-refractivity contribution in [1.82, 2.24) is 0 Å². The van der Waals surface area contributed by atoms with Crippen molar-refractivity contribution >= 4 is 11.9 Å². The molecular formula is C17H19F5O4. The Bertz CT molecular complexity index is 647. The minimum atomic E-state index is -2.29. The van der Waals surface area contributed by atoms with Crippen LogP contribution in [0.4, 0.5) is 22.0 Å². The van der Waals surface area contributed by atoms with Gasteiger partial charge in [0.05, 0.1) is 12.2 Å². The molecule has 0 amide bonds. The van der Waals surface area contributed by atoms with E-state index in [0.29, 0.717) is 0 Å². The molecule has 26 heavy (non-hydrogen) atoms. The normalized spacial score (nSPS) is 12.2. The van der Waals surface area contributed by atoms with Crippen molar-refractivity contribution in [2.75, 3.05) is 6.61 Å². The molecular weight excluding hydrogens is 363 g/mol. The third-order valence-corrected chi connectivity index (χ3v) is 3.30. The zero-order valence-corrected chi connectivity index (χ0v) is 14.5. The minimum Gasteiger partial charge on any atom is -0.465 e. The predicted octanol–water partition coefficient (Wildman–Crippen LogP) is 4.36. The second-order valence-corrected chi connectivity index (χ2v) is 6.05. The maximum atomic E-state index is 13.6. The molecule has 0 saturated carbocycles. The van der Waals surface area contributed by atoms with Crippen molar-refractivity contribution in [3.05, 3.63) is 34.6 Å². The lowest BCUT2D eigenvalue weighted by atomic mass is 10.1. The van der Waals surface area contributed by atoms with Crippen LogP contribution in [0.15, 0.2) is 0 Å². The smallest absolute Gasteiger partial charge is 0.306 e. The van der Waals surface area contributed by atoms with Gasteiger partial charge in [-0.15, -0.1) is 0 Å². The second-order valence-electron chi connectivity index (χ2n) is 6.05. The number of rotatable bonds is 8. The van der Waals surface area contributed by atoms with Crippen LogP contribution in [0.3, 0.4) is 0 Å². The zero-order valence-electron chi connectivity index (χ0n) is 14.5. The molecule has 0 spiro atoms. The molecule has 1 aromatic carbocycles. The summed E-state index contributed by atoms with van der Waals surface area (Å²) in [7, 11) is 0. The van der Waals surface area contributed by atoms with E-state index in [4.69, 9.17) is 9.47 Å². The van der Waals surface area contributed by atoms with Crippen LogP contribution in [0.1, 0.15) is 51.7 Å². The second kappa shape index (κ2) is 9.49. The average molecular weight is 382 g/mol. The van der Waals surface area contributed by atoms with Crippen LogP contribution < -0.4 is 0 Å². The maximum absolute atomic E-state index is 13.6. The van der Waals surface area contributed by atoms with Crippen LogP contribution in [-0.4, -0.2) is 18.5 Å². The Morgan fingerprint density at radius 1 is 0.808 bits per heavy atom. The van der Waals surface area contributed by atoms with Gasteiger partial charge in [0.15, 0.2) is 23.3 Å². The van der Waals surface area contributed by atoms with E-state index >= 15 is 0 Å². The number of carbonyl (C=O) groups excluding carboxylic acids is 2. The summed E-state index contributed by atoms with van der Waals surface area (Å²) in [6.45, 7) is 4.92. The Hall–Kier alpha value is -2.19. The van der Waals surface area contributed by atoms with Gasteiger partial charge < -0.3 is 9.47 Å². The van der Waals surface area contributed by atoms with Crippen molar-refractivity contribution in [3.8, 4) is 0 Å². The molecule has 0 radical (unpaired) electrons. The standard InChI is InChI=1S/C17H19F5O4/c1-8(2)7-25-10(23)5-4-6-11(24)26-9(3)12-13(18)15(20)17(22)16(21)14(12)19/h8-9H,4-7H2,1-3H3. The zero-order chi connectivity index (χ0) is 20.0. The number of hydrogen-bond acceptors (Lipinski definition) is 4. The Morgan fingerprint density at radius 2 is 1.27 bits per heavy atom. The monoisotopic (exact) mass is 382 g/mol. The van der Waals surface area contributed by atoms with Gasteiger partial charge >= 0.3 is 11.9 Å². The molecule has 1 aromatic rings.